The average Bonchev–Trinajstić information content (AvgIpc) is 2.76. The van der Waals surface area contributed by atoms with Crippen LogP contribution in [0.5, 0.6) is 0 Å². The number of hydrogen-bond donors (Lipinski definition) is 3. The molecule has 0 spiro atoms. The Labute approximate surface area is 100 Å². The van der Waals surface area contributed by atoms with Gasteiger partial charge < -0.3 is 20.5 Å². The fourth-order valence-corrected chi connectivity index (χ4v) is 1.61. The Morgan fingerprint density at radius 1 is 1.47 bits per heavy atom. The smallest absolute Gasteiger partial charge is 0.315 e. The van der Waals surface area contributed by atoms with Crippen LogP contribution < -0.4 is 10.6 Å². The number of aliphatic carboxylic acids is 1. The van der Waals surface area contributed by atoms with Gasteiger partial charge in [0.25, 0.3) is 0 Å². The van der Waals surface area contributed by atoms with Gasteiger partial charge in [0, 0.05) is 19.7 Å². The van der Waals surface area contributed by atoms with Crippen molar-refractivity contribution in [2.75, 3.05) is 13.7 Å². The highest BCUT2D eigenvalue weighted by Gasteiger charge is 2.16. The normalized spacial score (nSPS) is 16.8. The maximum atomic E-state index is 11.5. The molecule has 1 rings (SSSR count). The molecule has 17 heavy (non-hydrogen) atoms. The van der Waals surface area contributed by atoms with Gasteiger partial charge >= 0.3 is 12.0 Å². The second kappa shape index (κ2) is 6.90. The third-order valence-corrected chi connectivity index (χ3v) is 2.57. The summed E-state index contributed by atoms with van der Waals surface area (Å²) in [5, 5.41) is 14.0. The summed E-state index contributed by atoms with van der Waals surface area (Å²) in [6, 6.07) is -0.137. The molecule has 1 aliphatic rings. The van der Waals surface area contributed by atoms with Crippen molar-refractivity contribution in [2.45, 2.75) is 31.4 Å². The van der Waals surface area contributed by atoms with E-state index < -0.39 is 12.1 Å². The van der Waals surface area contributed by atoms with Crippen molar-refractivity contribution in [1.29, 1.82) is 0 Å². The number of methoxy groups -OCH3 is 1. The monoisotopic (exact) mass is 242 g/mol. The number of carboxylic acids is 1. The van der Waals surface area contributed by atoms with Crippen molar-refractivity contribution in [3.8, 4) is 0 Å². The lowest BCUT2D eigenvalue weighted by Crippen LogP contribution is -2.44. The molecule has 0 heterocycles. The van der Waals surface area contributed by atoms with E-state index in [0.29, 0.717) is 0 Å². The molecule has 0 aliphatic heterocycles. The summed E-state index contributed by atoms with van der Waals surface area (Å²) in [6.07, 6.45) is 5.11. The summed E-state index contributed by atoms with van der Waals surface area (Å²) >= 11 is 0. The van der Waals surface area contributed by atoms with Crippen LogP contribution >= 0.6 is 0 Å². The van der Waals surface area contributed by atoms with Crippen LogP contribution in [0.2, 0.25) is 0 Å². The number of urea groups is 1. The predicted molar refractivity (Wildman–Crippen MR) is 61.7 cm³/mol. The average molecular weight is 242 g/mol. The predicted octanol–water partition coefficient (Wildman–Crippen LogP) is 0.494. The molecular formula is C11H18N2O4. The Balaban J connectivity index is 2.19. The summed E-state index contributed by atoms with van der Waals surface area (Å²) in [4.78, 5) is 21.9. The number of amides is 2. The molecule has 0 aromatic carbocycles. The van der Waals surface area contributed by atoms with Crippen LogP contribution in [0.25, 0.3) is 0 Å². The number of ether oxygens (including phenoxy) is 1. The molecule has 0 radical (unpaired) electrons. The molecular weight excluding hydrogens is 224 g/mol. The maximum absolute atomic E-state index is 11.5. The fraction of sp³-hybridized carbons (Fsp3) is 0.636. The molecule has 0 aromatic heterocycles. The van der Waals surface area contributed by atoms with E-state index in [2.05, 4.69) is 10.6 Å². The zero-order valence-corrected chi connectivity index (χ0v) is 9.81. The molecule has 1 unspecified atom stereocenters. The van der Waals surface area contributed by atoms with Gasteiger partial charge in [-0.15, -0.1) is 0 Å². The zero-order valence-electron chi connectivity index (χ0n) is 9.81. The molecule has 0 fully saturated rings. The van der Waals surface area contributed by atoms with Crippen LogP contribution in [0.15, 0.2) is 12.2 Å². The Kier molecular flexibility index (Phi) is 5.48. The lowest BCUT2D eigenvalue weighted by Gasteiger charge is -2.16. The Bertz CT molecular complexity index is 296. The molecule has 1 aliphatic carbocycles. The standard InChI is InChI=1S/C11H18N2O4/c1-17-9(6-10(14)15)7-12-11(16)13-8-4-2-3-5-8/h2-3,8-9H,4-7H2,1H3,(H,14,15)(H2,12,13,16). The van der Waals surface area contributed by atoms with Crippen molar-refractivity contribution in [3.05, 3.63) is 12.2 Å². The van der Waals surface area contributed by atoms with Crippen LogP contribution in [0, 0.1) is 0 Å². The first kappa shape index (κ1) is 13.5. The quantitative estimate of drug-likeness (QED) is 0.592. The third-order valence-electron chi connectivity index (χ3n) is 2.57. The molecule has 96 valence electrons. The first-order valence-electron chi connectivity index (χ1n) is 5.55. The second-order valence-corrected chi connectivity index (χ2v) is 3.95. The van der Waals surface area contributed by atoms with Crippen LogP contribution in [0.3, 0.4) is 0 Å². The number of nitrogens with one attached hydrogen (secondary N) is 2. The second-order valence-electron chi connectivity index (χ2n) is 3.95. The maximum Gasteiger partial charge on any atom is 0.315 e. The molecule has 1 atom stereocenters. The van der Waals surface area contributed by atoms with E-state index in [1.54, 1.807) is 0 Å². The molecule has 2 amide bonds. The van der Waals surface area contributed by atoms with Gasteiger partial charge in [-0.3, -0.25) is 4.79 Å². The molecule has 0 aromatic rings. The largest absolute Gasteiger partial charge is 0.481 e. The Hall–Kier alpha value is -1.56. The summed E-state index contributed by atoms with van der Waals surface area (Å²) in [5.41, 5.74) is 0. The van der Waals surface area contributed by atoms with Gasteiger partial charge in [0.05, 0.1) is 12.5 Å². The van der Waals surface area contributed by atoms with Gasteiger partial charge in [0.2, 0.25) is 0 Å². The van der Waals surface area contributed by atoms with Crippen LogP contribution in [0.1, 0.15) is 19.3 Å². The highest BCUT2D eigenvalue weighted by molar-refractivity contribution is 5.74. The Morgan fingerprint density at radius 2 is 2.12 bits per heavy atom. The van der Waals surface area contributed by atoms with Crippen molar-refractivity contribution in [2.24, 2.45) is 0 Å². The first-order chi connectivity index (χ1) is 8.11. The van der Waals surface area contributed by atoms with Crippen molar-refractivity contribution in [1.82, 2.24) is 10.6 Å². The summed E-state index contributed by atoms with van der Waals surface area (Å²) in [5.74, 6) is -0.945. The Morgan fingerprint density at radius 3 is 2.65 bits per heavy atom. The van der Waals surface area contributed by atoms with Gasteiger partial charge in [-0.25, -0.2) is 4.79 Å². The van der Waals surface area contributed by atoms with E-state index in [4.69, 9.17) is 9.84 Å². The zero-order chi connectivity index (χ0) is 12.7. The van der Waals surface area contributed by atoms with Crippen LogP contribution in [0.4, 0.5) is 4.79 Å². The van der Waals surface area contributed by atoms with Gasteiger partial charge in [0.15, 0.2) is 0 Å². The molecule has 0 bridgehead atoms. The topological polar surface area (TPSA) is 87.7 Å². The number of carbonyl (C=O) groups is 2. The van der Waals surface area contributed by atoms with Gasteiger partial charge in [-0.1, -0.05) is 12.2 Å². The van der Waals surface area contributed by atoms with Crippen LogP contribution in [-0.2, 0) is 9.53 Å². The van der Waals surface area contributed by atoms with Crippen LogP contribution in [-0.4, -0.2) is 42.9 Å². The van der Waals surface area contributed by atoms with E-state index in [9.17, 15) is 9.59 Å². The van der Waals surface area contributed by atoms with E-state index in [-0.39, 0.29) is 25.0 Å². The minimum atomic E-state index is -0.945. The summed E-state index contributed by atoms with van der Waals surface area (Å²) in [6.45, 7) is 0.189. The number of carbonyl (C=O) groups excluding carboxylic acids is 1. The van der Waals surface area contributed by atoms with Gasteiger partial charge in [-0.05, 0) is 12.8 Å². The minimum absolute atomic E-state index is 0.123. The van der Waals surface area contributed by atoms with Crippen molar-refractivity contribution >= 4 is 12.0 Å². The molecule has 6 nitrogen and oxygen atoms in total. The number of carboxylic acid groups (broad SMARTS) is 1. The van der Waals surface area contributed by atoms with E-state index in [1.165, 1.54) is 7.11 Å². The van der Waals surface area contributed by atoms with E-state index >= 15 is 0 Å². The summed E-state index contributed by atoms with van der Waals surface area (Å²) < 4.78 is 4.95. The highest BCUT2D eigenvalue weighted by atomic mass is 16.5. The minimum Gasteiger partial charge on any atom is -0.481 e. The van der Waals surface area contributed by atoms with E-state index in [0.717, 1.165) is 12.8 Å². The van der Waals surface area contributed by atoms with E-state index in [1.807, 2.05) is 12.2 Å². The number of hydrogen-bond acceptors (Lipinski definition) is 3. The highest BCUT2D eigenvalue weighted by Crippen LogP contribution is 2.08. The molecule has 3 N–H and O–H groups in total. The SMILES string of the molecule is COC(CNC(=O)NC1CC=CC1)CC(=O)O. The molecule has 0 saturated heterocycles. The lowest BCUT2D eigenvalue weighted by molar-refractivity contribution is -0.139. The fourth-order valence-electron chi connectivity index (χ4n) is 1.61. The summed E-state index contributed by atoms with van der Waals surface area (Å²) in [7, 11) is 1.42. The number of rotatable bonds is 6. The lowest BCUT2D eigenvalue weighted by atomic mass is 10.2. The van der Waals surface area contributed by atoms with Gasteiger partial charge in [-0.2, -0.15) is 0 Å². The molecule has 6 heteroatoms. The third kappa shape index (κ3) is 5.35. The van der Waals surface area contributed by atoms with Gasteiger partial charge in [0.1, 0.15) is 0 Å². The first-order valence-corrected chi connectivity index (χ1v) is 5.55. The van der Waals surface area contributed by atoms with Crippen molar-refractivity contribution < 1.29 is 19.4 Å². The molecule has 0 saturated carbocycles. The van der Waals surface area contributed by atoms with Crippen molar-refractivity contribution in [3.63, 3.8) is 0 Å².